The lowest BCUT2D eigenvalue weighted by molar-refractivity contribution is -0.118. The first-order valence-electron chi connectivity index (χ1n) is 11.4. The summed E-state index contributed by atoms with van der Waals surface area (Å²) in [5, 5.41) is 11.7. The fourth-order valence-electron chi connectivity index (χ4n) is 4.27. The summed E-state index contributed by atoms with van der Waals surface area (Å²) >= 11 is 0. The third-order valence-corrected chi connectivity index (χ3v) is 6.01. The number of carbonyl (C=O) groups is 1. The zero-order chi connectivity index (χ0) is 23.3. The van der Waals surface area contributed by atoms with E-state index in [9.17, 15) is 4.79 Å². The van der Waals surface area contributed by atoms with E-state index in [-0.39, 0.29) is 11.5 Å². The third-order valence-electron chi connectivity index (χ3n) is 6.01. The van der Waals surface area contributed by atoms with E-state index < -0.39 is 0 Å². The molecule has 2 heterocycles. The zero-order valence-corrected chi connectivity index (χ0v) is 19.0. The van der Waals surface area contributed by atoms with Gasteiger partial charge in [-0.25, -0.2) is 11.0 Å². The van der Waals surface area contributed by atoms with Gasteiger partial charge in [-0.3, -0.25) is 4.79 Å². The molecule has 2 aliphatic rings. The van der Waals surface area contributed by atoms with Crippen molar-refractivity contribution in [1.82, 2.24) is 15.8 Å². The molecule has 33 heavy (non-hydrogen) atoms. The number of rotatable bonds is 7. The Morgan fingerprint density at radius 3 is 2.64 bits per heavy atom. The molecule has 2 aromatic carbocycles. The summed E-state index contributed by atoms with van der Waals surface area (Å²) < 4.78 is 6.47. The third kappa shape index (κ3) is 5.53. The Morgan fingerprint density at radius 1 is 1.18 bits per heavy atom. The van der Waals surface area contributed by atoms with Crippen LogP contribution in [0.4, 0.5) is 0 Å². The molecule has 0 aromatic heterocycles. The first-order valence-corrected chi connectivity index (χ1v) is 11.4. The number of piperidine rings is 1. The second kappa shape index (κ2) is 10.1. The van der Waals surface area contributed by atoms with Crippen molar-refractivity contribution in [3.63, 3.8) is 0 Å². The number of hydrazine groups is 1. The van der Waals surface area contributed by atoms with E-state index >= 15 is 0 Å². The first kappa shape index (κ1) is 22.8. The molecule has 0 saturated carbocycles. The molecule has 2 aliphatic heterocycles. The number of amidine groups is 1. The maximum Gasteiger partial charge on any atom is 0.216 e. The second-order valence-electron chi connectivity index (χ2n) is 8.53. The molecule has 8 nitrogen and oxygen atoms in total. The summed E-state index contributed by atoms with van der Waals surface area (Å²) in [5.74, 6) is 7.15. The van der Waals surface area contributed by atoms with E-state index in [2.05, 4.69) is 40.0 Å². The minimum atomic E-state index is -0.272. The SMILES string of the molecule is CC(=O)NCCCN(N)/N=C(\N)c1ccc(C2=CC3(CCNCC3)Oc3ccccc32)cc1. The number of nitrogens with one attached hydrogen (secondary N) is 2. The quantitative estimate of drug-likeness (QED) is 0.169. The minimum Gasteiger partial charge on any atom is -0.482 e. The predicted octanol–water partition coefficient (Wildman–Crippen LogP) is 1.96. The summed E-state index contributed by atoms with van der Waals surface area (Å²) in [7, 11) is 0. The van der Waals surface area contributed by atoms with Gasteiger partial charge in [0.15, 0.2) is 5.84 Å². The molecule has 8 heteroatoms. The number of carbonyl (C=O) groups excluding carboxylic acids is 1. The predicted molar refractivity (Wildman–Crippen MR) is 130 cm³/mol. The molecule has 0 radical (unpaired) electrons. The van der Waals surface area contributed by atoms with Crippen LogP contribution in [0.1, 0.15) is 42.9 Å². The highest BCUT2D eigenvalue weighted by atomic mass is 16.5. The lowest BCUT2D eigenvalue weighted by Crippen LogP contribution is -2.46. The Balaban J connectivity index is 1.51. The standard InChI is InChI=1S/C25H32N6O2/c1-18(32)29-13-4-16-31(27)30-24(26)20-9-7-19(8-10-20)22-17-25(11-14-28-15-12-25)33-23-6-3-2-5-21(22)23/h2-3,5-10,17,28H,4,11-16,27H2,1H3,(H2,26,30)(H,29,32). The van der Waals surface area contributed by atoms with Crippen molar-refractivity contribution in [3.8, 4) is 5.75 Å². The topological polar surface area (TPSA) is 118 Å². The van der Waals surface area contributed by atoms with Crippen LogP contribution >= 0.6 is 0 Å². The molecule has 174 valence electrons. The average molecular weight is 449 g/mol. The summed E-state index contributed by atoms with van der Waals surface area (Å²) in [4.78, 5) is 10.9. The lowest BCUT2D eigenvalue weighted by atomic mass is 9.83. The highest BCUT2D eigenvalue weighted by Crippen LogP contribution is 2.42. The Labute approximate surface area is 194 Å². The molecule has 1 amide bonds. The van der Waals surface area contributed by atoms with Crippen LogP contribution in [-0.2, 0) is 4.79 Å². The van der Waals surface area contributed by atoms with Crippen LogP contribution in [0.3, 0.4) is 0 Å². The van der Waals surface area contributed by atoms with Crippen molar-refractivity contribution in [3.05, 3.63) is 71.3 Å². The van der Waals surface area contributed by atoms with E-state index in [1.54, 1.807) is 0 Å². The van der Waals surface area contributed by atoms with E-state index in [0.717, 1.165) is 48.4 Å². The fraction of sp³-hybridized carbons (Fsp3) is 0.360. The molecule has 1 fully saturated rings. The van der Waals surface area contributed by atoms with Gasteiger partial charge in [-0.15, -0.1) is 5.10 Å². The molecule has 0 aliphatic carbocycles. The Morgan fingerprint density at radius 2 is 1.91 bits per heavy atom. The lowest BCUT2D eigenvalue weighted by Gasteiger charge is -2.40. The largest absolute Gasteiger partial charge is 0.482 e. The molecule has 2 aromatic rings. The van der Waals surface area contributed by atoms with Gasteiger partial charge in [-0.05, 0) is 42.8 Å². The number of para-hydroxylation sites is 1. The van der Waals surface area contributed by atoms with Gasteiger partial charge in [-0.1, -0.05) is 42.5 Å². The highest BCUT2D eigenvalue weighted by molar-refractivity contribution is 5.98. The highest BCUT2D eigenvalue weighted by Gasteiger charge is 2.36. The molecular formula is C25H32N6O2. The molecular weight excluding hydrogens is 416 g/mol. The van der Waals surface area contributed by atoms with Gasteiger partial charge in [0.1, 0.15) is 11.4 Å². The maximum atomic E-state index is 10.9. The van der Waals surface area contributed by atoms with Gasteiger partial charge in [0.25, 0.3) is 0 Å². The fourth-order valence-corrected chi connectivity index (χ4v) is 4.27. The Hall–Kier alpha value is -3.36. The van der Waals surface area contributed by atoms with Gasteiger partial charge in [0.05, 0.1) is 6.54 Å². The van der Waals surface area contributed by atoms with Gasteiger partial charge in [-0.2, -0.15) is 0 Å². The number of benzene rings is 2. The van der Waals surface area contributed by atoms with Gasteiger partial charge >= 0.3 is 0 Å². The molecule has 1 saturated heterocycles. The van der Waals surface area contributed by atoms with E-state index in [1.807, 2.05) is 30.3 Å². The molecule has 0 unspecified atom stereocenters. The molecule has 0 atom stereocenters. The van der Waals surface area contributed by atoms with Crippen molar-refractivity contribution >= 4 is 17.3 Å². The Bertz CT molecular complexity index is 1040. The maximum absolute atomic E-state index is 10.9. The normalized spacial score (nSPS) is 17.0. The summed E-state index contributed by atoms with van der Waals surface area (Å²) in [6.07, 6.45) is 4.85. The average Bonchev–Trinajstić information content (AvgIpc) is 2.82. The van der Waals surface area contributed by atoms with Gasteiger partial charge in [0.2, 0.25) is 5.91 Å². The number of hydrazone groups is 1. The number of nitrogens with zero attached hydrogens (tertiary/aromatic N) is 2. The molecule has 1 spiro atoms. The number of nitrogens with two attached hydrogens (primary N) is 2. The van der Waals surface area contributed by atoms with Crippen molar-refractivity contribution in [2.45, 2.75) is 31.8 Å². The number of amides is 1. The van der Waals surface area contributed by atoms with Crippen LogP contribution in [0.2, 0.25) is 0 Å². The van der Waals surface area contributed by atoms with Crippen molar-refractivity contribution in [1.29, 1.82) is 0 Å². The van der Waals surface area contributed by atoms with Gasteiger partial charge in [0, 0.05) is 37.4 Å². The van der Waals surface area contributed by atoms with Crippen LogP contribution in [0, 0.1) is 0 Å². The van der Waals surface area contributed by atoms with Gasteiger partial charge < -0.3 is 21.1 Å². The molecule has 4 rings (SSSR count). The number of hydrogen-bond acceptors (Lipinski definition) is 6. The molecule has 6 N–H and O–H groups in total. The van der Waals surface area contributed by atoms with E-state index in [1.165, 1.54) is 17.6 Å². The van der Waals surface area contributed by atoms with Crippen LogP contribution in [0.15, 0.2) is 59.7 Å². The van der Waals surface area contributed by atoms with E-state index in [0.29, 0.717) is 25.3 Å². The monoisotopic (exact) mass is 448 g/mol. The van der Waals surface area contributed by atoms with Crippen molar-refractivity contribution in [2.75, 3.05) is 26.2 Å². The first-order chi connectivity index (χ1) is 16.0. The number of hydrogen-bond donors (Lipinski definition) is 4. The minimum absolute atomic E-state index is 0.0602. The zero-order valence-electron chi connectivity index (χ0n) is 19.0. The Kier molecular flexibility index (Phi) is 6.96. The molecule has 0 bridgehead atoms. The summed E-state index contributed by atoms with van der Waals surface area (Å²) in [6, 6.07) is 16.3. The smallest absolute Gasteiger partial charge is 0.216 e. The van der Waals surface area contributed by atoms with Crippen LogP contribution in [0.25, 0.3) is 5.57 Å². The van der Waals surface area contributed by atoms with Crippen LogP contribution < -0.4 is 26.9 Å². The van der Waals surface area contributed by atoms with Crippen LogP contribution in [0.5, 0.6) is 5.75 Å². The summed E-state index contributed by atoms with van der Waals surface area (Å²) in [6.45, 7) is 4.41. The van der Waals surface area contributed by atoms with E-state index in [4.69, 9.17) is 16.3 Å². The van der Waals surface area contributed by atoms with Crippen molar-refractivity contribution < 1.29 is 9.53 Å². The second-order valence-corrected chi connectivity index (χ2v) is 8.53. The van der Waals surface area contributed by atoms with Crippen molar-refractivity contribution in [2.24, 2.45) is 16.7 Å². The van der Waals surface area contributed by atoms with Crippen LogP contribution in [-0.4, -0.2) is 48.6 Å². The summed E-state index contributed by atoms with van der Waals surface area (Å²) in [5.41, 5.74) is 10.1. The number of ether oxygens (including phenoxy) is 1. The number of fused-ring (bicyclic) bond motifs is 1.